The lowest BCUT2D eigenvalue weighted by atomic mass is 10.4. The van der Waals surface area contributed by atoms with Gasteiger partial charge in [-0.15, -0.1) is 11.3 Å². The molecule has 16 heavy (non-hydrogen) atoms. The summed E-state index contributed by atoms with van der Waals surface area (Å²) in [7, 11) is 0. The first-order valence-corrected chi connectivity index (χ1v) is 5.94. The number of nitrogens with two attached hydrogens (primary N) is 1. The number of halogens is 1. The Labute approximate surface area is 102 Å². The van der Waals surface area contributed by atoms with E-state index < -0.39 is 0 Å². The summed E-state index contributed by atoms with van der Waals surface area (Å²) >= 11 is 7.43. The summed E-state index contributed by atoms with van der Waals surface area (Å²) in [5.41, 5.74) is 5.95. The number of ether oxygens (including phenoxy) is 1. The van der Waals surface area contributed by atoms with Gasteiger partial charge in [-0.2, -0.15) is 4.98 Å². The van der Waals surface area contributed by atoms with E-state index in [-0.39, 0.29) is 10.8 Å². The van der Waals surface area contributed by atoms with Gasteiger partial charge in [0.25, 0.3) is 0 Å². The average Bonchev–Trinajstić information content (AvgIpc) is 2.77. The zero-order chi connectivity index (χ0) is 11.4. The molecule has 0 aliphatic heterocycles. The van der Waals surface area contributed by atoms with E-state index in [0.717, 1.165) is 6.42 Å². The third-order valence-electron chi connectivity index (χ3n) is 1.97. The SMILES string of the molecule is Nc1c(Cl)ncnc1OCCc1cccs1. The minimum Gasteiger partial charge on any atom is -0.476 e. The predicted octanol–water partition coefficient (Wildman–Crippen LogP) is 2.40. The van der Waals surface area contributed by atoms with Gasteiger partial charge in [-0.25, -0.2) is 4.98 Å². The van der Waals surface area contributed by atoms with E-state index >= 15 is 0 Å². The largest absolute Gasteiger partial charge is 0.476 e. The maximum Gasteiger partial charge on any atom is 0.241 e. The topological polar surface area (TPSA) is 61.0 Å². The fourth-order valence-electron chi connectivity index (χ4n) is 1.18. The number of hydrogen-bond acceptors (Lipinski definition) is 5. The zero-order valence-electron chi connectivity index (χ0n) is 8.39. The van der Waals surface area contributed by atoms with E-state index in [9.17, 15) is 0 Å². The highest BCUT2D eigenvalue weighted by molar-refractivity contribution is 7.09. The highest BCUT2D eigenvalue weighted by atomic mass is 35.5. The van der Waals surface area contributed by atoms with Gasteiger partial charge in [-0.3, -0.25) is 0 Å². The van der Waals surface area contributed by atoms with Crippen LogP contribution in [0.4, 0.5) is 5.69 Å². The molecule has 0 saturated carbocycles. The van der Waals surface area contributed by atoms with Gasteiger partial charge in [-0.1, -0.05) is 17.7 Å². The maximum atomic E-state index is 5.74. The lowest BCUT2D eigenvalue weighted by molar-refractivity contribution is 0.312. The lowest BCUT2D eigenvalue weighted by Gasteiger charge is -2.06. The van der Waals surface area contributed by atoms with Crippen molar-refractivity contribution in [1.82, 2.24) is 9.97 Å². The fraction of sp³-hybridized carbons (Fsp3) is 0.200. The number of anilines is 1. The van der Waals surface area contributed by atoms with Crippen molar-refractivity contribution < 1.29 is 4.74 Å². The average molecular weight is 256 g/mol. The molecule has 0 aromatic carbocycles. The summed E-state index contributed by atoms with van der Waals surface area (Å²) in [5, 5.41) is 2.26. The molecule has 0 atom stereocenters. The Kier molecular flexibility index (Phi) is 3.58. The predicted molar refractivity (Wildman–Crippen MR) is 65.0 cm³/mol. The van der Waals surface area contributed by atoms with E-state index in [4.69, 9.17) is 22.1 Å². The van der Waals surface area contributed by atoms with Crippen LogP contribution in [0, 0.1) is 0 Å². The van der Waals surface area contributed by atoms with Crippen LogP contribution >= 0.6 is 22.9 Å². The normalized spacial score (nSPS) is 10.3. The molecule has 4 nitrogen and oxygen atoms in total. The van der Waals surface area contributed by atoms with Crippen LogP contribution in [0.25, 0.3) is 0 Å². The van der Waals surface area contributed by atoms with E-state index in [1.807, 2.05) is 11.4 Å². The monoisotopic (exact) mass is 255 g/mol. The minimum absolute atomic E-state index is 0.223. The van der Waals surface area contributed by atoms with Crippen molar-refractivity contribution >= 4 is 28.6 Å². The number of aromatic nitrogens is 2. The molecule has 2 N–H and O–H groups in total. The number of nitrogen functional groups attached to an aromatic ring is 1. The number of nitrogens with zero attached hydrogens (tertiary/aromatic N) is 2. The summed E-state index contributed by atoms with van der Waals surface area (Å²) in [6.45, 7) is 0.526. The second-order valence-corrected chi connectivity index (χ2v) is 4.45. The summed E-state index contributed by atoms with van der Waals surface area (Å²) in [6.07, 6.45) is 2.16. The van der Waals surface area contributed by atoms with Crippen molar-refractivity contribution in [2.75, 3.05) is 12.3 Å². The molecule has 2 aromatic rings. The third kappa shape index (κ3) is 2.62. The second-order valence-electron chi connectivity index (χ2n) is 3.06. The molecular weight excluding hydrogens is 246 g/mol. The molecule has 0 radical (unpaired) electrons. The van der Waals surface area contributed by atoms with Gasteiger partial charge < -0.3 is 10.5 Å². The molecule has 0 spiro atoms. The van der Waals surface area contributed by atoms with E-state index in [2.05, 4.69) is 16.0 Å². The number of rotatable bonds is 4. The molecule has 84 valence electrons. The van der Waals surface area contributed by atoms with Crippen LogP contribution in [0.5, 0.6) is 5.88 Å². The molecule has 0 amide bonds. The van der Waals surface area contributed by atoms with Gasteiger partial charge in [-0.05, 0) is 11.4 Å². The Morgan fingerprint density at radius 3 is 3.06 bits per heavy atom. The molecule has 0 fully saturated rings. The Bertz CT molecular complexity index is 461. The summed E-state index contributed by atoms with van der Waals surface area (Å²) in [4.78, 5) is 8.93. The Morgan fingerprint density at radius 2 is 2.31 bits per heavy atom. The molecule has 2 aromatic heterocycles. The van der Waals surface area contributed by atoms with Crippen molar-refractivity contribution in [3.05, 3.63) is 33.9 Å². The van der Waals surface area contributed by atoms with Crippen molar-refractivity contribution in [2.45, 2.75) is 6.42 Å². The first-order valence-electron chi connectivity index (χ1n) is 4.68. The molecule has 0 aliphatic rings. The molecule has 0 unspecified atom stereocenters. The molecule has 2 rings (SSSR count). The molecule has 6 heteroatoms. The highest BCUT2D eigenvalue weighted by Gasteiger charge is 2.06. The number of thiophene rings is 1. The van der Waals surface area contributed by atoms with Crippen LogP contribution in [-0.4, -0.2) is 16.6 Å². The number of hydrogen-bond donors (Lipinski definition) is 1. The van der Waals surface area contributed by atoms with Crippen LogP contribution in [0.3, 0.4) is 0 Å². The first kappa shape index (κ1) is 11.2. The van der Waals surface area contributed by atoms with E-state index in [1.54, 1.807) is 11.3 Å². The lowest BCUT2D eigenvalue weighted by Crippen LogP contribution is -2.05. The molecule has 2 heterocycles. The van der Waals surface area contributed by atoms with Gasteiger partial charge >= 0.3 is 0 Å². The van der Waals surface area contributed by atoms with Gasteiger partial charge in [0.1, 0.15) is 12.0 Å². The van der Waals surface area contributed by atoms with Crippen LogP contribution in [-0.2, 0) is 6.42 Å². The van der Waals surface area contributed by atoms with Crippen LogP contribution in [0.1, 0.15) is 4.88 Å². The van der Waals surface area contributed by atoms with Crippen LogP contribution in [0.15, 0.2) is 23.8 Å². The molecule has 0 aliphatic carbocycles. The van der Waals surface area contributed by atoms with Crippen molar-refractivity contribution in [3.63, 3.8) is 0 Å². The van der Waals surface area contributed by atoms with Crippen molar-refractivity contribution in [1.29, 1.82) is 0 Å². The minimum atomic E-state index is 0.223. The molecular formula is C10H10ClN3OS. The molecule has 0 saturated heterocycles. The quantitative estimate of drug-likeness (QED) is 0.853. The summed E-state index contributed by atoms with van der Waals surface area (Å²) in [6, 6.07) is 4.07. The highest BCUT2D eigenvalue weighted by Crippen LogP contribution is 2.24. The maximum absolute atomic E-state index is 5.74. The van der Waals surface area contributed by atoms with E-state index in [0.29, 0.717) is 12.5 Å². The summed E-state index contributed by atoms with van der Waals surface area (Å²) < 4.78 is 5.44. The van der Waals surface area contributed by atoms with Gasteiger partial charge in [0.15, 0.2) is 5.15 Å². The first-order chi connectivity index (χ1) is 7.77. The Balaban J connectivity index is 1.92. The van der Waals surface area contributed by atoms with Crippen LogP contribution in [0.2, 0.25) is 5.15 Å². The van der Waals surface area contributed by atoms with Crippen molar-refractivity contribution in [3.8, 4) is 5.88 Å². The standard InChI is InChI=1S/C10H10ClN3OS/c11-9-8(12)10(14-6-13-9)15-4-3-7-2-1-5-16-7/h1-2,5-6H,3-4,12H2. The van der Waals surface area contributed by atoms with E-state index in [1.165, 1.54) is 11.2 Å². The van der Waals surface area contributed by atoms with Crippen molar-refractivity contribution in [2.24, 2.45) is 0 Å². The Morgan fingerprint density at radius 1 is 1.44 bits per heavy atom. The van der Waals surface area contributed by atoms with Gasteiger partial charge in [0, 0.05) is 11.3 Å². The smallest absolute Gasteiger partial charge is 0.241 e. The van der Waals surface area contributed by atoms with Gasteiger partial charge in [0.2, 0.25) is 5.88 Å². The van der Waals surface area contributed by atoms with Gasteiger partial charge in [0.05, 0.1) is 6.61 Å². The fourth-order valence-corrected chi connectivity index (χ4v) is 1.99. The molecule has 0 bridgehead atoms. The summed E-state index contributed by atoms with van der Waals surface area (Å²) in [5.74, 6) is 0.344. The third-order valence-corrected chi connectivity index (χ3v) is 3.20. The zero-order valence-corrected chi connectivity index (χ0v) is 9.96. The Hall–Kier alpha value is -1.33. The van der Waals surface area contributed by atoms with Crippen LogP contribution < -0.4 is 10.5 Å². The second kappa shape index (κ2) is 5.14.